The number of carbonyl (C=O) groups is 1. The Morgan fingerprint density at radius 3 is 2.52 bits per heavy atom. The molecule has 1 aromatic rings. The fourth-order valence-electron chi connectivity index (χ4n) is 3.83. The fourth-order valence-corrected chi connectivity index (χ4v) is 3.83. The zero-order valence-electron chi connectivity index (χ0n) is 15.3. The third kappa shape index (κ3) is 4.88. The van der Waals surface area contributed by atoms with Gasteiger partial charge in [-0.2, -0.15) is 0 Å². The van der Waals surface area contributed by atoms with E-state index in [0.29, 0.717) is 6.61 Å². The third-order valence-electron chi connectivity index (χ3n) is 5.39. The van der Waals surface area contributed by atoms with Crippen LogP contribution in [0, 0.1) is 5.92 Å². The van der Waals surface area contributed by atoms with Crippen LogP contribution in [-0.2, 0) is 9.53 Å². The molecule has 138 valence electrons. The number of nitrogens with zero attached hydrogens (tertiary/aromatic N) is 2. The number of anilines is 1. The van der Waals surface area contributed by atoms with Crippen LogP contribution < -0.4 is 9.64 Å². The molecule has 3 rings (SSSR count). The summed E-state index contributed by atoms with van der Waals surface area (Å²) in [6.07, 6.45) is 5.63. The molecule has 5 nitrogen and oxygen atoms in total. The summed E-state index contributed by atoms with van der Waals surface area (Å²) in [6, 6.07) is 8.17. The van der Waals surface area contributed by atoms with Crippen LogP contribution >= 0.6 is 0 Å². The van der Waals surface area contributed by atoms with E-state index in [1.165, 1.54) is 19.3 Å². The first kappa shape index (κ1) is 18.1. The van der Waals surface area contributed by atoms with Gasteiger partial charge in [-0.3, -0.25) is 9.69 Å². The van der Waals surface area contributed by atoms with Crippen molar-refractivity contribution in [1.82, 2.24) is 4.90 Å². The SMILES string of the molecule is COc1ccccc1N1CCN(CCOC(=O)C2CCCCC2)CC1. The number of piperazine rings is 1. The number of para-hydroxylation sites is 2. The van der Waals surface area contributed by atoms with Crippen LogP contribution in [0.25, 0.3) is 0 Å². The maximum atomic E-state index is 12.1. The number of esters is 1. The number of hydrogen-bond donors (Lipinski definition) is 0. The number of benzene rings is 1. The molecular formula is C20H30N2O3. The lowest BCUT2D eigenvalue weighted by Gasteiger charge is -2.36. The van der Waals surface area contributed by atoms with Gasteiger partial charge in [0.2, 0.25) is 0 Å². The van der Waals surface area contributed by atoms with Gasteiger partial charge in [-0.15, -0.1) is 0 Å². The van der Waals surface area contributed by atoms with Crippen LogP contribution in [0.4, 0.5) is 5.69 Å². The second-order valence-electron chi connectivity index (χ2n) is 7.00. The molecule has 0 N–H and O–H groups in total. The molecule has 1 heterocycles. The summed E-state index contributed by atoms with van der Waals surface area (Å²) >= 11 is 0. The van der Waals surface area contributed by atoms with Gasteiger partial charge in [-0.05, 0) is 25.0 Å². The Morgan fingerprint density at radius 1 is 1.08 bits per heavy atom. The minimum Gasteiger partial charge on any atom is -0.495 e. The molecule has 1 saturated heterocycles. The lowest BCUT2D eigenvalue weighted by Crippen LogP contribution is -2.47. The molecule has 2 fully saturated rings. The quantitative estimate of drug-likeness (QED) is 0.741. The molecule has 2 aliphatic rings. The highest BCUT2D eigenvalue weighted by molar-refractivity contribution is 5.72. The van der Waals surface area contributed by atoms with E-state index in [1.54, 1.807) is 7.11 Å². The number of ether oxygens (including phenoxy) is 2. The summed E-state index contributed by atoms with van der Waals surface area (Å²) < 4.78 is 11.0. The molecule has 0 unspecified atom stereocenters. The molecule has 0 aromatic heterocycles. The lowest BCUT2D eigenvalue weighted by atomic mass is 9.89. The molecule has 0 radical (unpaired) electrons. The normalized spacial score (nSPS) is 19.6. The van der Waals surface area contributed by atoms with Crippen LogP contribution in [0.3, 0.4) is 0 Å². The Morgan fingerprint density at radius 2 is 1.80 bits per heavy atom. The smallest absolute Gasteiger partial charge is 0.308 e. The summed E-state index contributed by atoms with van der Waals surface area (Å²) in [4.78, 5) is 16.8. The van der Waals surface area contributed by atoms with Gasteiger partial charge in [0, 0.05) is 32.7 Å². The Hall–Kier alpha value is -1.75. The molecule has 0 amide bonds. The van der Waals surface area contributed by atoms with E-state index in [9.17, 15) is 4.79 Å². The van der Waals surface area contributed by atoms with Gasteiger partial charge in [0.25, 0.3) is 0 Å². The Bertz CT molecular complexity index is 550. The molecule has 1 saturated carbocycles. The first-order valence-electron chi connectivity index (χ1n) is 9.55. The van der Waals surface area contributed by atoms with Crippen molar-refractivity contribution in [3.63, 3.8) is 0 Å². The highest BCUT2D eigenvalue weighted by atomic mass is 16.5. The molecule has 0 atom stereocenters. The summed E-state index contributed by atoms with van der Waals surface area (Å²) in [5.41, 5.74) is 1.16. The van der Waals surface area contributed by atoms with Crippen molar-refractivity contribution >= 4 is 11.7 Å². The van der Waals surface area contributed by atoms with Crippen LogP contribution in [0.1, 0.15) is 32.1 Å². The zero-order chi connectivity index (χ0) is 17.5. The van der Waals surface area contributed by atoms with Crippen molar-refractivity contribution in [3.05, 3.63) is 24.3 Å². The van der Waals surface area contributed by atoms with Crippen molar-refractivity contribution in [3.8, 4) is 5.75 Å². The van der Waals surface area contributed by atoms with E-state index < -0.39 is 0 Å². The monoisotopic (exact) mass is 346 g/mol. The van der Waals surface area contributed by atoms with Crippen molar-refractivity contribution in [2.75, 3.05) is 51.3 Å². The van der Waals surface area contributed by atoms with Gasteiger partial charge in [-0.25, -0.2) is 0 Å². The van der Waals surface area contributed by atoms with E-state index in [0.717, 1.165) is 57.0 Å². The predicted octanol–water partition coefficient (Wildman–Crippen LogP) is 2.94. The van der Waals surface area contributed by atoms with E-state index in [-0.39, 0.29) is 11.9 Å². The first-order valence-corrected chi connectivity index (χ1v) is 9.55. The lowest BCUT2D eigenvalue weighted by molar-refractivity contribution is -0.150. The average Bonchev–Trinajstić information content (AvgIpc) is 2.69. The molecule has 1 aliphatic carbocycles. The van der Waals surface area contributed by atoms with Gasteiger partial charge in [0.1, 0.15) is 12.4 Å². The van der Waals surface area contributed by atoms with E-state index in [1.807, 2.05) is 12.1 Å². The summed E-state index contributed by atoms with van der Waals surface area (Å²) in [6.45, 7) is 5.26. The molecule has 1 aromatic carbocycles. The number of carbonyl (C=O) groups excluding carboxylic acids is 1. The molecule has 0 spiro atoms. The van der Waals surface area contributed by atoms with Crippen LogP contribution in [0.15, 0.2) is 24.3 Å². The second-order valence-corrected chi connectivity index (χ2v) is 7.00. The third-order valence-corrected chi connectivity index (χ3v) is 5.39. The molecule has 0 bridgehead atoms. The van der Waals surface area contributed by atoms with Crippen LogP contribution in [0.5, 0.6) is 5.75 Å². The maximum Gasteiger partial charge on any atom is 0.308 e. The molecule has 1 aliphatic heterocycles. The zero-order valence-corrected chi connectivity index (χ0v) is 15.3. The first-order chi connectivity index (χ1) is 12.3. The van der Waals surface area contributed by atoms with E-state index in [2.05, 4.69) is 21.9 Å². The second kappa shape index (κ2) is 9.09. The largest absolute Gasteiger partial charge is 0.495 e. The van der Waals surface area contributed by atoms with Crippen molar-refractivity contribution in [1.29, 1.82) is 0 Å². The fraction of sp³-hybridized carbons (Fsp3) is 0.650. The maximum absolute atomic E-state index is 12.1. The van der Waals surface area contributed by atoms with Gasteiger partial charge < -0.3 is 14.4 Å². The summed E-state index contributed by atoms with van der Waals surface area (Å²) in [7, 11) is 1.72. The molecule has 25 heavy (non-hydrogen) atoms. The minimum absolute atomic E-state index is 0.0207. The van der Waals surface area contributed by atoms with Gasteiger partial charge in [0.05, 0.1) is 18.7 Å². The average molecular weight is 346 g/mol. The predicted molar refractivity (Wildman–Crippen MR) is 99.2 cm³/mol. The summed E-state index contributed by atoms with van der Waals surface area (Å²) in [5, 5.41) is 0. The number of methoxy groups -OCH3 is 1. The van der Waals surface area contributed by atoms with Gasteiger partial charge >= 0.3 is 5.97 Å². The van der Waals surface area contributed by atoms with E-state index >= 15 is 0 Å². The number of hydrogen-bond acceptors (Lipinski definition) is 5. The van der Waals surface area contributed by atoms with Crippen molar-refractivity contribution in [2.45, 2.75) is 32.1 Å². The van der Waals surface area contributed by atoms with Crippen molar-refractivity contribution in [2.24, 2.45) is 5.92 Å². The van der Waals surface area contributed by atoms with Crippen LogP contribution in [0.2, 0.25) is 0 Å². The minimum atomic E-state index is 0.0207. The van der Waals surface area contributed by atoms with Crippen LogP contribution in [-0.4, -0.2) is 57.3 Å². The summed E-state index contributed by atoms with van der Waals surface area (Å²) in [5.74, 6) is 1.10. The Labute approximate surface area is 150 Å². The van der Waals surface area contributed by atoms with E-state index in [4.69, 9.17) is 9.47 Å². The highest BCUT2D eigenvalue weighted by Crippen LogP contribution is 2.28. The highest BCUT2D eigenvalue weighted by Gasteiger charge is 2.23. The topological polar surface area (TPSA) is 42.0 Å². The molecular weight excluding hydrogens is 316 g/mol. The van der Waals surface area contributed by atoms with Crippen molar-refractivity contribution < 1.29 is 14.3 Å². The number of rotatable bonds is 6. The standard InChI is InChI=1S/C20H30N2O3/c1-24-19-10-6-5-9-18(19)22-13-11-21(12-14-22)15-16-25-20(23)17-7-3-2-4-8-17/h5-6,9-10,17H,2-4,7-8,11-16H2,1H3. The molecule has 5 heteroatoms. The Balaban J connectivity index is 1.38. The Kier molecular flexibility index (Phi) is 6.56. The van der Waals surface area contributed by atoms with Gasteiger partial charge in [-0.1, -0.05) is 31.4 Å². The van der Waals surface area contributed by atoms with Gasteiger partial charge in [0.15, 0.2) is 0 Å².